The summed E-state index contributed by atoms with van der Waals surface area (Å²) in [6.07, 6.45) is 3.94. The fourth-order valence-corrected chi connectivity index (χ4v) is 5.25. The Kier molecular flexibility index (Phi) is 12.9. The van der Waals surface area contributed by atoms with Gasteiger partial charge < -0.3 is 54.0 Å². The summed E-state index contributed by atoms with van der Waals surface area (Å²) in [7, 11) is 0. The zero-order valence-electron chi connectivity index (χ0n) is 20.7. The molecule has 2 aromatic carbocycles. The molecule has 8 heteroatoms. The third-order valence-corrected chi connectivity index (χ3v) is 7.71. The van der Waals surface area contributed by atoms with Gasteiger partial charge in [-0.3, -0.25) is 9.59 Å². The number of aliphatic hydroxyl groups is 2. The van der Waals surface area contributed by atoms with E-state index in [4.69, 9.17) is 0 Å². The SMILES string of the molecule is O=C(C[NH+]1CCC(CO)CC1)c1ccc(-c2ccc(C(=O)C[NH+]3CCC(CO)CC3)cc2)cc1.[Br-].[Br-]. The molecule has 6 nitrogen and oxygen atoms in total. The van der Waals surface area contributed by atoms with Crippen LogP contribution in [0.3, 0.4) is 0 Å². The average Bonchev–Trinajstić information content (AvgIpc) is 2.89. The first kappa shape index (κ1) is 30.8. The third kappa shape index (κ3) is 8.30. The number of halogens is 2. The lowest BCUT2D eigenvalue weighted by Crippen LogP contribution is -3.14. The van der Waals surface area contributed by atoms with Crippen LogP contribution in [0.5, 0.6) is 0 Å². The molecule has 2 aromatic rings. The van der Waals surface area contributed by atoms with E-state index in [-0.39, 0.29) is 58.7 Å². The largest absolute Gasteiger partial charge is 1.00 e. The number of likely N-dealkylation sites (tertiary alicyclic amines) is 2. The van der Waals surface area contributed by atoms with Gasteiger partial charge >= 0.3 is 0 Å². The molecule has 2 aliphatic rings. The van der Waals surface area contributed by atoms with Crippen molar-refractivity contribution in [1.29, 1.82) is 0 Å². The van der Waals surface area contributed by atoms with Crippen LogP contribution in [-0.4, -0.2) is 74.3 Å². The van der Waals surface area contributed by atoms with Gasteiger partial charge in [-0.05, 0) is 23.0 Å². The van der Waals surface area contributed by atoms with E-state index in [0.29, 0.717) is 24.9 Å². The van der Waals surface area contributed by atoms with Gasteiger partial charge in [-0.1, -0.05) is 48.5 Å². The first-order chi connectivity index (χ1) is 16.6. The second kappa shape index (κ2) is 15.1. The Morgan fingerprint density at radius 3 is 1.19 bits per heavy atom. The molecule has 0 atom stereocenters. The predicted molar refractivity (Wildman–Crippen MR) is 131 cm³/mol. The second-order valence-corrected chi connectivity index (χ2v) is 10.1. The van der Waals surface area contributed by atoms with Crippen molar-refractivity contribution in [3.8, 4) is 11.1 Å². The molecule has 4 N–H and O–H groups in total. The van der Waals surface area contributed by atoms with Gasteiger partial charge in [-0.15, -0.1) is 0 Å². The van der Waals surface area contributed by atoms with E-state index in [1.165, 1.54) is 9.80 Å². The van der Waals surface area contributed by atoms with Gasteiger partial charge in [0.1, 0.15) is 13.1 Å². The van der Waals surface area contributed by atoms with Crippen molar-refractivity contribution in [3.05, 3.63) is 59.7 Å². The molecule has 2 aliphatic heterocycles. The van der Waals surface area contributed by atoms with E-state index >= 15 is 0 Å². The van der Waals surface area contributed by atoms with Crippen LogP contribution in [0.25, 0.3) is 11.1 Å². The zero-order valence-corrected chi connectivity index (χ0v) is 23.9. The number of carbonyl (C=O) groups is 2. The van der Waals surface area contributed by atoms with Gasteiger partial charge in [0.15, 0.2) is 0 Å². The highest BCUT2D eigenvalue weighted by Gasteiger charge is 2.25. The summed E-state index contributed by atoms with van der Waals surface area (Å²) in [5.74, 6) is 1.11. The zero-order chi connectivity index (χ0) is 23.9. The Balaban J connectivity index is 0.00000228. The number of Topliss-reactive ketones (excluding diaryl/α,β-unsaturated/α-hetero) is 2. The second-order valence-electron chi connectivity index (χ2n) is 10.1. The molecule has 0 bridgehead atoms. The van der Waals surface area contributed by atoms with Crippen LogP contribution in [-0.2, 0) is 0 Å². The average molecular weight is 626 g/mol. The third-order valence-electron chi connectivity index (χ3n) is 7.71. The molecule has 36 heavy (non-hydrogen) atoms. The summed E-state index contributed by atoms with van der Waals surface area (Å²) in [6.45, 7) is 5.31. The molecule has 2 heterocycles. The molecule has 0 unspecified atom stereocenters. The molecule has 0 amide bonds. The molecule has 0 aliphatic carbocycles. The number of piperidine rings is 2. The number of nitrogens with one attached hydrogen (secondary N) is 2. The van der Waals surface area contributed by atoms with Crippen molar-refractivity contribution < 1.29 is 63.6 Å². The fraction of sp³-hybridized carbons (Fsp3) is 0.500. The number of quaternary nitrogens is 2. The molecule has 4 rings (SSSR count). The molecular formula is C28H38Br2N2O4. The van der Waals surface area contributed by atoms with Crippen molar-refractivity contribution in [2.75, 3.05) is 52.5 Å². The number of hydrogen-bond acceptors (Lipinski definition) is 4. The summed E-state index contributed by atoms with van der Waals surface area (Å²) in [6, 6.07) is 15.5. The molecule has 0 radical (unpaired) electrons. The monoisotopic (exact) mass is 624 g/mol. The Hall–Kier alpha value is -1.42. The summed E-state index contributed by atoms with van der Waals surface area (Å²) in [5, 5.41) is 18.6. The number of ketones is 2. The first-order valence-electron chi connectivity index (χ1n) is 12.7. The molecule has 198 valence electrons. The normalized spacial score (nSPS) is 23.7. The lowest BCUT2D eigenvalue weighted by atomic mass is 9.96. The number of hydrogen-bond donors (Lipinski definition) is 4. The molecule has 0 spiro atoms. The van der Waals surface area contributed by atoms with Crippen molar-refractivity contribution in [2.45, 2.75) is 25.7 Å². The van der Waals surface area contributed by atoms with Crippen LogP contribution in [0.15, 0.2) is 48.5 Å². The maximum Gasteiger partial charge on any atom is 0.216 e. The van der Waals surface area contributed by atoms with E-state index in [0.717, 1.165) is 74.1 Å². The van der Waals surface area contributed by atoms with Crippen LogP contribution in [0.1, 0.15) is 46.4 Å². The van der Waals surface area contributed by atoms with Crippen molar-refractivity contribution in [1.82, 2.24) is 0 Å². The molecule has 2 saturated heterocycles. The van der Waals surface area contributed by atoms with Crippen molar-refractivity contribution >= 4 is 11.6 Å². The topological polar surface area (TPSA) is 83.5 Å². The summed E-state index contributed by atoms with van der Waals surface area (Å²) < 4.78 is 0. The van der Waals surface area contributed by atoms with Gasteiger partial charge in [0.05, 0.1) is 26.2 Å². The standard InChI is InChI=1S/C28H36N2O4.2BrH/c31-19-21-9-13-29(14-10-21)17-27(33)25-5-1-23(2-6-25)24-3-7-26(8-4-24)28(34)18-30-15-11-22(20-32)12-16-30;;/h1-8,21-22,31-32H,9-20H2;2*1H. The van der Waals surface area contributed by atoms with Gasteiger partial charge in [0.25, 0.3) is 0 Å². The van der Waals surface area contributed by atoms with Gasteiger partial charge in [-0.25, -0.2) is 0 Å². The van der Waals surface area contributed by atoms with E-state index in [1.54, 1.807) is 0 Å². The minimum Gasteiger partial charge on any atom is -1.00 e. The predicted octanol–water partition coefficient (Wildman–Crippen LogP) is -5.70. The van der Waals surface area contributed by atoms with Crippen LogP contribution < -0.4 is 43.8 Å². The summed E-state index contributed by atoms with van der Waals surface area (Å²) in [4.78, 5) is 28.0. The Morgan fingerprint density at radius 2 is 0.917 bits per heavy atom. The first-order valence-corrected chi connectivity index (χ1v) is 12.7. The molecule has 0 aromatic heterocycles. The number of carbonyl (C=O) groups excluding carboxylic acids is 2. The van der Waals surface area contributed by atoms with Crippen molar-refractivity contribution in [3.63, 3.8) is 0 Å². The number of aliphatic hydroxyl groups excluding tert-OH is 2. The van der Waals surface area contributed by atoms with E-state index in [9.17, 15) is 19.8 Å². The molecule has 0 saturated carbocycles. The maximum absolute atomic E-state index is 12.7. The van der Waals surface area contributed by atoms with Crippen LogP contribution in [0, 0.1) is 11.8 Å². The van der Waals surface area contributed by atoms with E-state index in [2.05, 4.69) is 0 Å². The molecule has 2 fully saturated rings. The maximum atomic E-state index is 12.7. The lowest BCUT2D eigenvalue weighted by Gasteiger charge is -2.27. The van der Waals surface area contributed by atoms with E-state index < -0.39 is 0 Å². The quantitative estimate of drug-likeness (QED) is 0.210. The minimum atomic E-state index is 0. The highest BCUT2D eigenvalue weighted by atomic mass is 79.9. The smallest absolute Gasteiger partial charge is 0.216 e. The minimum absolute atomic E-state index is 0. The highest BCUT2D eigenvalue weighted by molar-refractivity contribution is 5.98. The molecular weight excluding hydrogens is 588 g/mol. The Bertz CT molecular complexity index is 873. The van der Waals surface area contributed by atoms with Gasteiger partial charge in [0, 0.05) is 50.0 Å². The Labute approximate surface area is 235 Å². The van der Waals surface area contributed by atoms with E-state index in [1.807, 2.05) is 48.5 Å². The fourth-order valence-electron chi connectivity index (χ4n) is 5.25. The lowest BCUT2D eigenvalue weighted by molar-refractivity contribution is -0.897. The number of benzene rings is 2. The van der Waals surface area contributed by atoms with Crippen molar-refractivity contribution in [2.24, 2.45) is 11.8 Å². The van der Waals surface area contributed by atoms with Gasteiger partial charge in [0.2, 0.25) is 11.6 Å². The van der Waals surface area contributed by atoms with Gasteiger partial charge in [-0.2, -0.15) is 0 Å². The summed E-state index contributed by atoms with van der Waals surface area (Å²) >= 11 is 0. The van der Waals surface area contributed by atoms with Crippen LogP contribution in [0.2, 0.25) is 0 Å². The highest BCUT2D eigenvalue weighted by Crippen LogP contribution is 2.21. The Morgan fingerprint density at radius 1 is 0.611 bits per heavy atom. The van der Waals surface area contributed by atoms with Crippen LogP contribution in [0.4, 0.5) is 0 Å². The number of rotatable bonds is 9. The van der Waals surface area contributed by atoms with Crippen LogP contribution >= 0.6 is 0 Å². The summed E-state index contributed by atoms with van der Waals surface area (Å²) in [5.41, 5.74) is 3.53.